The van der Waals surface area contributed by atoms with E-state index in [-0.39, 0.29) is 10.8 Å². The summed E-state index contributed by atoms with van der Waals surface area (Å²) in [7, 11) is -2.02. The zero-order chi connectivity index (χ0) is 24.3. The van der Waals surface area contributed by atoms with Gasteiger partial charge in [0.25, 0.3) is 15.9 Å². The lowest BCUT2D eigenvalue weighted by molar-refractivity contribution is 0.102. The summed E-state index contributed by atoms with van der Waals surface area (Å²) < 4.78 is 37.5. The molecule has 0 bridgehead atoms. The second-order valence-electron chi connectivity index (χ2n) is 8.65. The van der Waals surface area contributed by atoms with Crippen LogP contribution in [0.2, 0.25) is 0 Å². The maximum absolute atomic E-state index is 13.0. The molecule has 0 atom stereocenters. The fourth-order valence-electron chi connectivity index (χ4n) is 4.20. The molecule has 4 rings (SSSR count). The predicted molar refractivity (Wildman–Crippen MR) is 132 cm³/mol. The first-order valence-electron chi connectivity index (χ1n) is 11.4. The lowest BCUT2D eigenvalue weighted by Crippen LogP contribution is -2.26. The number of aromatic nitrogens is 1. The molecule has 0 aliphatic carbocycles. The van der Waals surface area contributed by atoms with Crippen LogP contribution in [0, 0.1) is 13.8 Å². The summed E-state index contributed by atoms with van der Waals surface area (Å²) >= 11 is 0. The second kappa shape index (κ2) is 9.89. The average Bonchev–Trinajstić information content (AvgIpc) is 3.36. The van der Waals surface area contributed by atoms with Crippen LogP contribution in [0.3, 0.4) is 0 Å². The minimum Gasteiger partial charge on any atom is -0.467 e. The number of anilines is 1. The zero-order valence-electron chi connectivity index (χ0n) is 19.7. The lowest BCUT2D eigenvalue weighted by Gasteiger charge is -2.17. The molecule has 0 radical (unpaired) electrons. The fourth-order valence-corrected chi connectivity index (χ4v) is 5.34. The van der Waals surface area contributed by atoms with Crippen molar-refractivity contribution in [2.75, 3.05) is 18.9 Å². The smallest absolute Gasteiger partial charge is 0.284 e. The highest BCUT2D eigenvalue weighted by molar-refractivity contribution is 7.90. The van der Waals surface area contributed by atoms with E-state index in [1.54, 1.807) is 18.4 Å². The van der Waals surface area contributed by atoms with Crippen LogP contribution in [0.4, 0.5) is 5.69 Å². The fraction of sp³-hybridized carbons (Fsp3) is 0.360. The Balaban J connectivity index is 1.54. The lowest BCUT2D eigenvalue weighted by atomic mass is 10.2. The molecule has 1 N–H and O–H groups in total. The number of sulfonamides is 1. The number of carbonyl (C=O) groups excluding carboxylic acids is 1. The van der Waals surface area contributed by atoms with Crippen molar-refractivity contribution in [1.29, 1.82) is 0 Å². The van der Waals surface area contributed by atoms with E-state index in [2.05, 4.69) is 9.71 Å². The van der Waals surface area contributed by atoms with Crippen LogP contribution in [0.5, 0.6) is 0 Å². The number of benzene rings is 1. The van der Waals surface area contributed by atoms with Crippen LogP contribution in [0.15, 0.2) is 62.4 Å². The van der Waals surface area contributed by atoms with Crippen molar-refractivity contribution in [1.82, 2.24) is 9.47 Å². The van der Waals surface area contributed by atoms with Crippen molar-refractivity contribution in [2.24, 2.45) is 4.40 Å². The van der Waals surface area contributed by atoms with Crippen LogP contribution in [0.1, 0.15) is 53.2 Å². The minimum absolute atomic E-state index is 0.0544. The number of likely N-dealkylation sites (tertiary alicyclic amines) is 1. The Kier molecular flexibility index (Phi) is 6.92. The number of carbonyl (C=O) groups is 1. The van der Waals surface area contributed by atoms with Crippen LogP contribution < -0.4 is 5.32 Å². The summed E-state index contributed by atoms with van der Waals surface area (Å²) in [6.07, 6.45) is 5.27. The molecular formula is C25H30N4O4S. The Hall–Kier alpha value is -3.33. The van der Waals surface area contributed by atoms with Gasteiger partial charge in [0.2, 0.25) is 0 Å². The normalized spacial score (nSPS) is 16.0. The van der Waals surface area contributed by atoms with Crippen LogP contribution in [0.25, 0.3) is 0 Å². The molecule has 1 aliphatic heterocycles. The molecule has 1 aliphatic rings. The predicted octanol–water partition coefficient (Wildman–Crippen LogP) is 4.59. The van der Waals surface area contributed by atoms with Gasteiger partial charge in [-0.05, 0) is 63.1 Å². The van der Waals surface area contributed by atoms with Crippen LogP contribution >= 0.6 is 0 Å². The molecule has 1 aromatic carbocycles. The van der Waals surface area contributed by atoms with Gasteiger partial charge >= 0.3 is 0 Å². The van der Waals surface area contributed by atoms with Gasteiger partial charge in [0, 0.05) is 37.1 Å². The Morgan fingerprint density at radius 3 is 2.71 bits per heavy atom. The van der Waals surface area contributed by atoms with E-state index in [1.807, 2.05) is 48.6 Å². The van der Waals surface area contributed by atoms with E-state index >= 15 is 0 Å². The molecule has 9 heteroatoms. The summed E-state index contributed by atoms with van der Waals surface area (Å²) in [5, 5.41) is 2.83. The van der Waals surface area contributed by atoms with Gasteiger partial charge in [0.15, 0.2) is 0 Å². The highest BCUT2D eigenvalue weighted by atomic mass is 32.2. The van der Waals surface area contributed by atoms with Crippen molar-refractivity contribution in [3.05, 3.63) is 71.4 Å². The zero-order valence-corrected chi connectivity index (χ0v) is 20.6. The minimum atomic E-state index is -3.89. The Bertz CT molecular complexity index is 1310. The topological polar surface area (TPSA) is 96.9 Å². The molecule has 0 spiro atoms. The molecule has 1 saturated heterocycles. The maximum Gasteiger partial charge on any atom is 0.284 e. The Morgan fingerprint density at radius 1 is 1.12 bits per heavy atom. The summed E-state index contributed by atoms with van der Waals surface area (Å²) in [6.45, 7) is 5.14. The van der Waals surface area contributed by atoms with Crippen molar-refractivity contribution in [3.63, 3.8) is 0 Å². The third kappa shape index (κ3) is 5.25. The molecule has 3 aromatic rings. The van der Waals surface area contributed by atoms with Gasteiger partial charge in [-0.25, -0.2) is 0 Å². The first-order chi connectivity index (χ1) is 16.2. The van der Waals surface area contributed by atoms with Crippen LogP contribution in [-0.4, -0.2) is 43.2 Å². The Labute approximate surface area is 200 Å². The number of nitrogens with one attached hydrogen (secondary N) is 1. The molecule has 8 nitrogen and oxygen atoms in total. The summed E-state index contributed by atoms with van der Waals surface area (Å²) in [4.78, 5) is 15.0. The number of furan rings is 1. The standard InChI is InChI=1S/C25H30N4O4S/c1-18-15-23(19(2)29(18)17-21-10-8-14-33-21)25(30)26-20-9-7-11-22(16-20)34(31,32)27-24-12-5-4-6-13-28(24)3/h7-11,14-16H,4-6,12-13,17H2,1-3H3,(H,26,30)/b27-24+. The van der Waals surface area contributed by atoms with Gasteiger partial charge in [-0.15, -0.1) is 4.40 Å². The number of amides is 1. The SMILES string of the molecule is Cc1cc(C(=O)Nc2cccc(S(=O)(=O)/N=C3\CCCCCN3C)c2)c(C)n1Cc1ccco1. The number of hydrogen-bond donors (Lipinski definition) is 1. The molecule has 3 heterocycles. The van der Waals surface area contributed by atoms with Gasteiger partial charge in [0.05, 0.1) is 23.3 Å². The second-order valence-corrected chi connectivity index (χ2v) is 10.3. The highest BCUT2D eigenvalue weighted by Gasteiger charge is 2.20. The molecule has 1 amide bonds. The van der Waals surface area contributed by atoms with E-state index in [9.17, 15) is 13.2 Å². The molecule has 2 aromatic heterocycles. The van der Waals surface area contributed by atoms with E-state index in [0.717, 1.165) is 43.0 Å². The summed E-state index contributed by atoms with van der Waals surface area (Å²) in [5.74, 6) is 1.08. The van der Waals surface area contributed by atoms with Gasteiger partial charge in [-0.2, -0.15) is 8.42 Å². The molecule has 180 valence electrons. The summed E-state index contributed by atoms with van der Waals surface area (Å²) in [6, 6.07) is 11.8. The van der Waals surface area contributed by atoms with E-state index in [1.165, 1.54) is 12.1 Å². The van der Waals surface area contributed by atoms with Gasteiger partial charge in [0.1, 0.15) is 11.6 Å². The third-order valence-electron chi connectivity index (χ3n) is 6.16. The van der Waals surface area contributed by atoms with Gasteiger partial charge in [-0.1, -0.05) is 12.5 Å². The van der Waals surface area contributed by atoms with Crippen molar-refractivity contribution in [3.8, 4) is 0 Å². The molecule has 1 fully saturated rings. The molecule has 0 saturated carbocycles. The third-order valence-corrected chi connectivity index (χ3v) is 7.46. The van der Waals surface area contributed by atoms with Gasteiger partial charge in [-0.3, -0.25) is 4.79 Å². The maximum atomic E-state index is 13.0. The van der Waals surface area contributed by atoms with Crippen LogP contribution in [-0.2, 0) is 16.6 Å². The monoisotopic (exact) mass is 482 g/mol. The molecule has 0 unspecified atom stereocenters. The number of amidine groups is 1. The Morgan fingerprint density at radius 2 is 1.94 bits per heavy atom. The quantitative estimate of drug-likeness (QED) is 0.554. The van der Waals surface area contributed by atoms with Crippen molar-refractivity contribution < 1.29 is 17.6 Å². The highest BCUT2D eigenvalue weighted by Crippen LogP contribution is 2.22. The summed E-state index contributed by atoms with van der Waals surface area (Å²) in [5.41, 5.74) is 2.66. The van der Waals surface area contributed by atoms with E-state index in [4.69, 9.17) is 4.42 Å². The number of aryl methyl sites for hydroxylation is 1. The first kappa shape index (κ1) is 23.8. The average molecular weight is 483 g/mol. The van der Waals surface area contributed by atoms with E-state index in [0.29, 0.717) is 30.1 Å². The van der Waals surface area contributed by atoms with Crippen molar-refractivity contribution in [2.45, 2.75) is 51.0 Å². The number of nitrogens with zero attached hydrogens (tertiary/aromatic N) is 3. The van der Waals surface area contributed by atoms with Crippen molar-refractivity contribution >= 4 is 27.5 Å². The molecule has 34 heavy (non-hydrogen) atoms. The molecular weight excluding hydrogens is 452 g/mol. The largest absolute Gasteiger partial charge is 0.467 e. The first-order valence-corrected chi connectivity index (χ1v) is 12.8. The number of rotatable bonds is 6. The number of hydrogen-bond acceptors (Lipinski definition) is 4. The van der Waals surface area contributed by atoms with Gasteiger partial charge < -0.3 is 19.2 Å². The van der Waals surface area contributed by atoms with E-state index < -0.39 is 10.0 Å².